The lowest BCUT2D eigenvalue weighted by molar-refractivity contribution is 0.113. The fourth-order valence-corrected chi connectivity index (χ4v) is 2.25. The van der Waals surface area contributed by atoms with Crippen molar-refractivity contribution in [2.75, 3.05) is 33.4 Å². The molecule has 1 saturated carbocycles. The Morgan fingerprint density at radius 3 is 3.05 bits per heavy atom. The molecule has 1 unspecified atom stereocenters. The molecule has 2 N–H and O–H groups in total. The number of nitrogens with zero attached hydrogens (tertiary/aromatic N) is 1. The largest absolute Gasteiger partial charge is 0.391 e. The van der Waals surface area contributed by atoms with Crippen LogP contribution in [0.5, 0.6) is 0 Å². The first-order valence-corrected chi connectivity index (χ1v) is 7.09. The summed E-state index contributed by atoms with van der Waals surface area (Å²) >= 11 is 0. The van der Waals surface area contributed by atoms with Crippen LogP contribution in [0.2, 0.25) is 0 Å². The summed E-state index contributed by atoms with van der Waals surface area (Å²) in [4.78, 5) is 13.4. The molecule has 2 rings (SSSR count). The first-order chi connectivity index (χ1) is 9.16. The van der Waals surface area contributed by atoms with Gasteiger partial charge in [0.15, 0.2) is 0 Å². The number of aliphatic hydroxyl groups is 1. The van der Waals surface area contributed by atoms with Gasteiger partial charge in [-0.2, -0.15) is 0 Å². The topological polar surface area (TPSA) is 61.8 Å². The van der Waals surface area contributed by atoms with E-state index >= 15 is 0 Å². The standard InChI is InChI=1S/C14H24N2O3/c1-16(10-13(17)12-2-3-12)14(18)15-7-4-11-5-8-19-9-6-11/h5,12-13,17H,2-4,6-10H2,1H3,(H,15,18). The monoisotopic (exact) mass is 268 g/mol. The molecule has 2 amide bonds. The van der Waals surface area contributed by atoms with Crippen molar-refractivity contribution in [3.05, 3.63) is 11.6 Å². The first kappa shape index (κ1) is 14.3. The molecule has 19 heavy (non-hydrogen) atoms. The molecule has 1 aliphatic heterocycles. The summed E-state index contributed by atoms with van der Waals surface area (Å²) in [5.74, 6) is 0.405. The SMILES string of the molecule is CN(CC(O)C1CC1)C(=O)NCCC1=CCOCC1. The predicted molar refractivity (Wildman–Crippen MR) is 72.9 cm³/mol. The quantitative estimate of drug-likeness (QED) is 0.710. The summed E-state index contributed by atoms with van der Waals surface area (Å²) in [5, 5.41) is 12.7. The second-order valence-electron chi connectivity index (χ2n) is 5.45. The summed E-state index contributed by atoms with van der Waals surface area (Å²) in [5.41, 5.74) is 1.35. The Morgan fingerprint density at radius 2 is 2.42 bits per heavy atom. The van der Waals surface area contributed by atoms with Gasteiger partial charge in [0.05, 0.1) is 19.3 Å². The fourth-order valence-electron chi connectivity index (χ4n) is 2.25. The van der Waals surface area contributed by atoms with Crippen LogP contribution in [0.25, 0.3) is 0 Å². The molecule has 0 aromatic heterocycles. The van der Waals surface area contributed by atoms with Crippen molar-refractivity contribution in [2.45, 2.75) is 31.8 Å². The highest BCUT2D eigenvalue weighted by Gasteiger charge is 2.31. The fraction of sp³-hybridized carbons (Fsp3) is 0.786. The minimum absolute atomic E-state index is 0.104. The van der Waals surface area contributed by atoms with Gasteiger partial charge in [-0.15, -0.1) is 0 Å². The number of ether oxygens (including phenoxy) is 1. The van der Waals surface area contributed by atoms with Gasteiger partial charge in [-0.3, -0.25) is 0 Å². The van der Waals surface area contributed by atoms with E-state index in [0.717, 1.165) is 32.3 Å². The molecule has 1 aliphatic carbocycles. The van der Waals surface area contributed by atoms with Crippen LogP contribution in [0.4, 0.5) is 4.79 Å². The third-order valence-electron chi connectivity index (χ3n) is 3.75. The van der Waals surface area contributed by atoms with E-state index in [9.17, 15) is 9.90 Å². The van der Waals surface area contributed by atoms with Crippen LogP contribution in [0, 0.1) is 5.92 Å². The molecule has 1 atom stereocenters. The van der Waals surface area contributed by atoms with E-state index in [1.165, 1.54) is 5.57 Å². The molecule has 1 heterocycles. The molecule has 5 heteroatoms. The summed E-state index contributed by atoms with van der Waals surface area (Å²) in [7, 11) is 1.73. The Kier molecular flexibility index (Phi) is 5.22. The second kappa shape index (κ2) is 6.91. The minimum Gasteiger partial charge on any atom is -0.391 e. The maximum Gasteiger partial charge on any atom is 0.317 e. The highest BCUT2D eigenvalue weighted by atomic mass is 16.5. The van der Waals surface area contributed by atoms with Gasteiger partial charge in [0.2, 0.25) is 0 Å². The predicted octanol–water partition coefficient (Wildman–Crippen LogP) is 1.14. The first-order valence-electron chi connectivity index (χ1n) is 7.09. The maximum atomic E-state index is 11.8. The Morgan fingerprint density at radius 1 is 1.63 bits per heavy atom. The highest BCUT2D eigenvalue weighted by Crippen LogP contribution is 2.32. The molecule has 2 aliphatic rings. The Hall–Kier alpha value is -1.07. The van der Waals surface area contributed by atoms with E-state index in [0.29, 0.717) is 25.6 Å². The molecule has 0 saturated heterocycles. The zero-order valence-corrected chi connectivity index (χ0v) is 11.6. The van der Waals surface area contributed by atoms with Crippen molar-refractivity contribution in [1.82, 2.24) is 10.2 Å². The lowest BCUT2D eigenvalue weighted by Gasteiger charge is -2.21. The highest BCUT2D eigenvalue weighted by molar-refractivity contribution is 5.73. The smallest absolute Gasteiger partial charge is 0.317 e. The van der Waals surface area contributed by atoms with E-state index in [4.69, 9.17) is 4.74 Å². The van der Waals surface area contributed by atoms with Crippen LogP contribution >= 0.6 is 0 Å². The van der Waals surface area contributed by atoms with E-state index < -0.39 is 0 Å². The van der Waals surface area contributed by atoms with Crippen LogP contribution in [-0.2, 0) is 4.74 Å². The van der Waals surface area contributed by atoms with E-state index in [2.05, 4.69) is 11.4 Å². The number of urea groups is 1. The van der Waals surface area contributed by atoms with Gasteiger partial charge < -0.3 is 20.1 Å². The number of aliphatic hydroxyl groups excluding tert-OH is 1. The van der Waals surface area contributed by atoms with Crippen molar-refractivity contribution in [3.63, 3.8) is 0 Å². The Bertz CT molecular complexity index is 340. The third kappa shape index (κ3) is 4.84. The van der Waals surface area contributed by atoms with Gasteiger partial charge in [0.25, 0.3) is 0 Å². The molecule has 0 radical (unpaired) electrons. The van der Waals surface area contributed by atoms with Gasteiger partial charge in [0.1, 0.15) is 0 Å². The van der Waals surface area contributed by atoms with Crippen molar-refractivity contribution < 1.29 is 14.6 Å². The van der Waals surface area contributed by atoms with Crippen LogP contribution in [0.3, 0.4) is 0 Å². The molecule has 1 fully saturated rings. The molecule has 0 bridgehead atoms. The van der Waals surface area contributed by atoms with Gasteiger partial charge >= 0.3 is 6.03 Å². The van der Waals surface area contributed by atoms with Crippen LogP contribution in [0.1, 0.15) is 25.7 Å². The second-order valence-corrected chi connectivity index (χ2v) is 5.45. The average Bonchev–Trinajstić information content (AvgIpc) is 3.24. The van der Waals surface area contributed by atoms with Crippen molar-refractivity contribution in [1.29, 1.82) is 0 Å². The minimum atomic E-state index is -0.367. The average molecular weight is 268 g/mol. The summed E-state index contributed by atoms with van der Waals surface area (Å²) in [6, 6.07) is -0.104. The third-order valence-corrected chi connectivity index (χ3v) is 3.75. The van der Waals surface area contributed by atoms with Crippen LogP contribution in [0.15, 0.2) is 11.6 Å². The maximum absolute atomic E-state index is 11.8. The molecule has 108 valence electrons. The van der Waals surface area contributed by atoms with Crippen molar-refractivity contribution in [3.8, 4) is 0 Å². The van der Waals surface area contributed by atoms with Gasteiger partial charge in [-0.1, -0.05) is 11.6 Å². The molecular weight excluding hydrogens is 244 g/mol. The molecule has 5 nitrogen and oxygen atoms in total. The summed E-state index contributed by atoms with van der Waals surface area (Å²) < 4.78 is 5.24. The van der Waals surface area contributed by atoms with E-state index in [1.54, 1.807) is 11.9 Å². The molecular formula is C14H24N2O3. The number of hydrogen-bond donors (Lipinski definition) is 2. The van der Waals surface area contributed by atoms with Gasteiger partial charge in [-0.25, -0.2) is 4.79 Å². The zero-order chi connectivity index (χ0) is 13.7. The number of likely N-dealkylation sites (N-methyl/N-ethyl adjacent to an activating group) is 1. The number of carbonyl (C=O) groups excluding carboxylic acids is 1. The van der Waals surface area contributed by atoms with Gasteiger partial charge in [-0.05, 0) is 31.6 Å². The number of amides is 2. The normalized spacial score (nSPS) is 20.6. The van der Waals surface area contributed by atoms with E-state index in [1.807, 2.05) is 0 Å². The Balaban J connectivity index is 1.61. The number of hydrogen-bond acceptors (Lipinski definition) is 3. The van der Waals surface area contributed by atoms with E-state index in [-0.39, 0.29) is 12.1 Å². The van der Waals surface area contributed by atoms with Crippen molar-refractivity contribution in [2.24, 2.45) is 5.92 Å². The summed E-state index contributed by atoms with van der Waals surface area (Å²) in [6.07, 6.45) is 5.75. The lowest BCUT2D eigenvalue weighted by Crippen LogP contribution is -2.42. The number of nitrogens with one attached hydrogen (secondary N) is 1. The van der Waals surface area contributed by atoms with Crippen molar-refractivity contribution >= 4 is 6.03 Å². The number of rotatable bonds is 6. The molecule has 0 aromatic carbocycles. The molecule has 0 aromatic rings. The Labute approximate surface area is 114 Å². The molecule has 0 spiro atoms. The van der Waals surface area contributed by atoms with Gasteiger partial charge in [0, 0.05) is 20.1 Å². The van der Waals surface area contributed by atoms with Crippen LogP contribution in [-0.4, -0.2) is 55.5 Å². The zero-order valence-electron chi connectivity index (χ0n) is 11.6. The number of carbonyl (C=O) groups is 1. The lowest BCUT2D eigenvalue weighted by atomic mass is 10.1. The summed E-state index contributed by atoms with van der Waals surface area (Å²) in [6.45, 7) is 2.55. The van der Waals surface area contributed by atoms with Crippen LogP contribution < -0.4 is 5.32 Å².